The van der Waals surface area contributed by atoms with E-state index < -0.39 is 17.7 Å². The van der Waals surface area contributed by atoms with E-state index in [0.717, 1.165) is 31.2 Å². The molecule has 3 saturated heterocycles. The van der Waals surface area contributed by atoms with E-state index in [1.807, 2.05) is 0 Å². The van der Waals surface area contributed by atoms with Crippen molar-refractivity contribution < 1.29 is 23.6 Å². The van der Waals surface area contributed by atoms with Gasteiger partial charge in [-0.2, -0.15) is 4.89 Å². The van der Waals surface area contributed by atoms with Gasteiger partial charge in [-0.1, -0.05) is 25.0 Å². The fourth-order valence-electron chi connectivity index (χ4n) is 4.20. The number of rotatable bonds is 2. The average Bonchev–Trinajstić information content (AvgIpc) is 2.81. The number of fused-ring (bicyclic) bond motifs is 3. The predicted molar refractivity (Wildman–Crippen MR) is 76.1 cm³/mol. The largest absolute Gasteiger partial charge is 0.353 e. The normalized spacial score (nSPS) is 41.0. The van der Waals surface area contributed by atoms with Crippen molar-refractivity contribution in [2.45, 2.75) is 56.2 Å². The van der Waals surface area contributed by atoms with Gasteiger partial charge in [0.05, 0.1) is 0 Å². The standard InChI is InChI=1S/C17H21FO4/c1-19-15-16-10-3-2-4-12(16)9-11-17(20-15,22-21-16)13-5-7-14(18)8-6-13/h5-8,12,15H,2-4,9-11H2,1H3/t12-,15+,16?,17-/m1/s1. The van der Waals surface area contributed by atoms with Crippen molar-refractivity contribution in [1.82, 2.24) is 0 Å². The molecule has 1 aromatic carbocycles. The molecule has 0 N–H and O–H groups in total. The van der Waals surface area contributed by atoms with Gasteiger partial charge >= 0.3 is 0 Å². The Labute approximate surface area is 129 Å². The van der Waals surface area contributed by atoms with Crippen LogP contribution >= 0.6 is 0 Å². The lowest BCUT2D eigenvalue weighted by atomic mass is 9.73. The third-order valence-corrected chi connectivity index (χ3v) is 5.41. The van der Waals surface area contributed by atoms with Gasteiger partial charge in [0.2, 0.25) is 5.79 Å². The Balaban J connectivity index is 1.73. The van der Waals surface area contributed by atoms with Crippen molar-refractivity contribution >= 4 is 0 Å². The third-order valence-electron chi connectivity index (χ3n) is 5.41. The number of methoxy groups -OCH3 is 1. The Hall–Kier alpha value is -1.01. The molecule has 4 aliphatic rings. The average molecular weight is 308 g/mol. The first-order valence-corrected chi connectivity index (χ1v) is 8.02. The van der Waals surface area contributed by atoms with Crippen molar-refractivity contribution in [2.75, 3.05) is 7.11 Å². The lowest BCUT2D eigenvalue weighted by Gasteiger charge is -2.49. The second kappa shape index (κ2) is 5.27. The fourth-order valence-corrected chi connectivity index (χ4v) is 4.20. The molecule has 5 rings (SSSR count). The van der Waals surface area contributed by atoms with Crippen molar-refractivity contribution in [3.8, 4) is 0 Å². The monoisotopic (exact) mass is 308 g/mol. The highest BCUT2D eigenvalue weighted by Gasteiger charge is 2.61. The highest BCUT2D eigenvalue weighted by Crippen LogP contribution is 2.54. The van der Waals surface area contributed by atoms with Gasteiger partial charge in [0.25, 0.3) is 0 Å². The quantitative estimate of drug-likeness (QED) is 0.782. The lowest BCUT2D eigenvalue weighted by Crippen LogP contribution is -2.59. The second-order valence-electron chi connectivity index (χ2n) is 6.55. The van der Waals surface area contributed by atoms with Crippen molar-refractivity contribution in [2.24, 2.45) is 5.92 Å². The molecule has 22 heavy (non-hydrogen) atoms. The highest BCUT2D eigenvalue weighted by molar-refractivity contribution is 5.22. The van der Waals surface area contributed by atoms with Crippen LogP contribution in [0.3, 0.4) is 0 Å². The molecule has 120 valence electrons. The second-order valence-corrected chi connectivity index (χ2v) is 6.55. The van der Waals surface area contributed by atoms with Crippen molar-refractivity contribution in [3.63, 3.8) is 0 Å². The van der Waals surface area contributed by atoms with E-state index in [1.54, 1.807) is 19.2 Å². The van der Waals surface area contributed by atoms with Gasteiger partial charge in [-0.15, -0.1) is 0 Å². The van der Waals surface area contributed by atoms with Crippen LogP contribution in [-0.2, 0) is 25.0 Å². The van der Waals surface area contributed by atoms with Crippen LogP contribution in [0.2, 0.25) is 0 Å². The van der Waals surface area contributed by atoms with E-state index in [9.17, 15) is 4.39 Å². The van der Waals surface area contributed by atoms with Crippen molar-refractivity contribution in [1.29, 1.82) is 0 Å². The molecule has 0 radical (unpaired) electrons. The molecular weight excluding hydrogens is 287 g/mol. The predicted octanol–water partition coefficient (Wildman–Crippen LogP) is 3.65. The first-order valence-electron chi connectivity index (χ1n) is 8.02. The van der Waals surface area contributed by atoms with Gasteiger partial charge in [0.1, 0.15) is 5.82 Å². The summed E-state index contributed by atoms with van der Waals surface area (Å²) in [6.45, 7) is 0. The first-order chi connectivity index (χ1) is 10.7. The minimum absolute atomic E-state index is 0.279. The molecule has 4 fully saturated rings. The third kappa shape index (κ3) is 2.03. The SMILES string of the molecule is CO[C@H]1O[C@]2(c3ccc(F)cc3)CC[C@H]3CCCCC31OO2. The molecule has 1 spiro atoms. The number of ether oxygens (including phenoxy) is 2. The first kappa shape index (κ1) is 14.6. The van der Waals surface area contributed by atoms with E-state index in [4.69, 9.17) is 19.2 Å². The molecular formula is C17H21FO4. The molecule has 3 heterocycles. The molecule has 0 aromatic heterocycles. The number of hydrogen-bond acceptors (Lipinski definition) is 4. The maximum Gasteiger partial charge on any atom is 0.230 e. The van der Waals surface area contributed by atoms with E-state index >= 15 is 0 Å². The Bertz CT molecular complexity index is 544. The zero-order chi connectivity index (χ0) is 15.2. The van der Waals surface area contributed by atoms with Crippen LogP contribution in [0.5, 0.6) is 0 Å². The van der Waals surface area contributed by atoms with E-state index in [-0.39, 0.29) is 5.82 Å². The topological polar surface area (TPSA) is 36.9 Å². The summed E-state index contributed by atoms with van der Waals surface area (Å²) in [6, 6.07) is 6.22. The number of halogens is 1. The minimum Gasteiger partial charge on any atom is -0.353 e. The Morgan fingerprint density at radius 1 is 1.09 bits per heavy atom. The summed E-state index contributed by atoms with van der Waals surface area (Å²) in [6.07, 6.45) is 5.46. The minimum atomic E-state index is -1.00. The summed E-state index contributed by atoms with van der Waals surface area (Å²) in [5.41, 5.74) is 0.261. The summed E-state index contributed by atoms with van der Waals surface area (Å²) in [7, 11) is 1.65. The maximum atomic E-state index is 13.2. The Morgan fingerprint density at radius 2 is 1.91 bits per heavy atom. The van der Waals surface area contributed by atoms with Crippen LogP contribution in [-0.4, -0.2) is 19.0 Å². The summed E-state index contributed by atoms with van der Waals surface area (Å²) in [4.78, 5) is 11.7. The van der Waals surface area contributed by atoms with Gasteiger partial charge in [-0.3, -0.25) is 0 Å². The zero-order valence-electron chi connectivity index (χ0n) is 12.7. The zero-order valence-corrected chi connectivity index (χ0v) is 12.7. The Kier molecular flexibility index (Phi) is 3.49. The van der Waals surface area contributed by atoms with E-state index in [2.05, 4.69) is 0 Å². The van der Waals surface area contributed by atoms with Gasteiger partial charge < -0.3 is 9.47 Å². The van der Waals surface area contributed by atoms with Gasteiger partial charge in [0, 0.05) is 19.1 Å². The summed E-state index contributed by atoms with van der Waals surface area (Å²) < 4.78 is 25.1. The molecule has 1 aliphatic carbocycles. The summed E-state index contributed by atoms with van der Waals surface area (Å²) >= 11 is 0. The molecule has 4 atom stereocenters. The van der Waals surface area contributed by atoms with Crippen LogP contribution in [0.1, 0.15) is 44.1 Å². The van der Waals surface area contributed by atoms with Crippen LogP contribution in [0, 0.1) is 11.7 Å². The van der Waals surface area contributed by atoms with Crippen LogP contribution < -0.4 is 0 Å². The van der Waals surface area contributed by atoms with Crippen molar-refractivity contribution in [3.05, 3.63) is 35.6 Å². The molecule has 2 bridgehead atoms. The molecule has 1 aromatic rings. The maximum absolute atomic E-state index is 13.2. The van der Waals surface area contributed by atoms with Gasteiger partial charge in [-0.05, 0) is 37.3 Å². The van der Waals surface area contributed by atoms with Gasteiger partial charge in [0.15, 0.2) is 11.9 Å². The fraction of sp³-hybridized carbons (Fsp3) is 0.647. The number of hydrogen-bond donors (Lipinski definition) is 0. The summed E-state index contributed by atoms with van der Waals surface area (Å²) in [5, 5.41) is 0. The lowest BCUT2D eigenvalue weighted by molar-refractivity contribution is -0.558. The summed E-state index contributed by atoms with van der Waals surface area (Å²) in [5.74, 6) is -0.910. The molecule has 3 aliphatic heterocycles. The highest BCUT2D eigenvalue weighted by atomic mass is 19.1. The molecule has 1 saturated carbocycles. The molecule has 5 heteroatoms. The van der Waals surface area contributed by atoms with E-state index in [0.29, 0.717) is 12.3 Å². The van der Waals surface area contributed by atoms with Gasteiger partial charge in [-0.25, -0.2) is 9.28 Å². The van der Waals surface area contributed by atoms with Crippen LogP contribution in [0.25, 0.3) is 0 Å². The van der Waals surface area contributed by atoms with Crippen LogP contribution in [0.4, 0.5) is 4.39 Å². The van der Waals surface area contributed by atoms with Crippen LogP contribution in [0.15, 0.2) is 24.3 Å². The molecule has 0 amide bonds. The smallest absolute Gasteiger partial charge is 0.230 e. The molecule has 1 unspecified atom stereocenters. The molecule has 4 nitrogen and oxygen atoms in total. The number of benzene rings is 1. The van der Waals surface area contributed by atoms with E-state index in [1.165, 1.54) is 18.6 Å². The Morgan fingerprint density at radius 3 is 2.68 bits per heavy atom.